The summed E-state index contributed by atoms with van der Waals surface area (Å²) in [7, 11) is 1.61. The first-order chi connectivity index (χ1) is 14.9. The molecule has 0 amide bonds. The van der Waals surface area contributed by atoms with E-state index in [2.05, 4.69) is 20.6 Å². The minimum Gasteiger partial charge on any atom is -0.487 e. The molecule has 5 nitrogen and oxygen atoms in total. The number of benzene rings is 2. The molecule has 1 aromatic heterocycles. The predicted molar refractivity (Wildman–Crippen MR) is 129 cm³/mol. The van der Waals surface area contributed by atoms with Crippen LogP contribution in [0.2, 0.25) is 0 Å². The third-order valence-electron chi connectivity index (χ3n) is 4.41. The van der Waals surface area contributed by atoms with E-state index in [-0.39, 0.29) is 30.5 Å². The fourth-order valence-electron chi connectivity index (χ4n) is 2.84. The van der Waals surface area contributed by atoms with Gasteiger partial charge in [0, 0.05) is 26.3 Å². The highest BCUT2D eigenvalue weighted by Gasteiger charge is 2.30. The van der Waals surface area contributed by atoms with Gasteiger partial charge in [-0.3, -0.25) is 9.98 Å². The minimum absolute atomic E-state index is 0. The lowest BCUT2D eigenvalue weighted by atomic mass is 10.1. The molecular weight excluding hydrogens is 532 g/mol. The fourth-order valence-corrected chi connectivity index (χ4v) is 2.84. The topological polar surface area (TPSA) is 58.5 Å². The summed E-state index contributed by atoms with van der Waals surface area (Å²) in [5.41, 5.74) is 1.66. The Kier molecular flexibility index (Phi) is 9.76. The van der Waals surface area contributed by atoms with E-state index >= 15 is 0 Å². The number of hydrogen-bond donors (Lipinski definition) is 2. The molecule has 0 spiro atoms. The van der Waals surface area contributed by atoms with Crippen molar-refractivity contribution in [3.8, 4) is 5.75 Å². The third-order valence-corrected chi connectivity index (χ3v) is 4.41. The standard InChI is InChI=1S/C23H23F3N4O.HI/c1-27-22(29-14-17-6-4-8-19(12-17)23(24,25)26)30-15-18-7-5-10-21(13-18)31-16-20-9-2-3-11-28-20;/h2-13H,14-16H2,1H3,(H2,27,29,30);1H. The second kappa shape index (κ2) is 12.3. The van der Waals surface area contributed by atoms with Crippen LogP contribution in [0.3, 0.4) is 0 Å². The summed E-state index contributed by atoms with van der Waals surface area (Å²) in [6.45, 7) is 1.07. The number of guanidine groups is 1. The molecule has 9 heteroatoms. The van der Waals surface area contributed by atoms with Crippen LogP contribution in [0.25, 0.3) is 0 Å². The fraction of sp³-hybridized carbons (Fsp3) is 0.217. The van der Waals surface area contributed by atoms with Gasteiger partial charge in [0.05, 0.1) is 11.3 Å². The molecule has 0 saturated carbocycles. The van der Waals surface area contributed by atoms with Crippen LogP contribution in [-0.2, 0) is 25.9 Å². The Bertz CT molecular complexity index is 1010. The number of pyridine rings is 1. The highest BCUT2D eigenvalue weighted by Crippen LogP contribution is 2.29. The van der Waals surface area contributed by atoms with E-state index in [4.69, 9.17) is 4.74 Å². The molecule has 0 saturated heterocycles. The van der Waals surface area contributed by atoms with Gasteiger partial charge in [0.25, 0.3) is 0 Å². The van der Waals surface area contributed by atoms with Crippen molar-refractivity contribution in [3.05, 3.63) is 95.3 Å². The van der Waals surface area contributed by atoms with Crippen molar-refractivity contribution >= 4 is 29.9 Å². The maximum Gasteiger partial charge on any atom is 0.416 e. The number of nitrogens with one attached hydrogen (secondary N) is 2. The number of halogens is 4. The van der Waals surface area contributed by atoms with Crippen molar-refractivity contribution in [2.24, 2.45) is 4.99 Å². The van der Waals surface area contributed by atoms with Gasteiger partial charge in [-0.25, -0.2) is 0 Å². The predicted octanol–water partition coefficient (Wildman–Crippen LogP) is 5.16. The smallest absolute Gasteiger partial charge is 0.416 e. The highest BCUT2D eigenvalue weighted by atomic mass is 127. The maximum absolute atomic E-state index is 12.9. The van der Waals surface area contributed by atoms with Crippen molar-refractivity contribution < 1.29 is 17.9 Å². The quantitative estimate of drug-likeness (QED) is 0.240. The van der Waals surface area contributed by atoms with Gasteiger partial charge in [-0.15, -0.1) is 24.0 Å². The number of ether oxygens (including phenoxy) is 1. The van der Waals surface area contributed by atoms with Gasteiger partial charge in [0.2, 0.25) is 0 Å². The lowest BCUT2D eigenvalue weighted by Gasteiger charge is -2.14. The summed E-state index contributed by atoms with van der Waals surface area (Å²) in [5.74, 6) is 1.20. The van der Waals surface area contributed by atoms with Crippen molar-refractivity contribution in [1.82, 2.24) is 15.6 Å². The number of nitrogens with zero attached hydrogens (tertiary/aromatic N) is 2. The van der Waals surface area contributed by atoms with Crippen LogP contribution in [0, 0.1) is 0 Å². The van der Waals surface area contributed by atoms with E-state index in [1.165, 1.54) is 6.07 Å². The van der Waals surface area contributed by atoms with Crippen LogP contribution in [-0.4, -0.2) is 18.0 Å². The lowest BCUT2D eigenvalue weighted by Crippen LogP contribution is -2.36. The number of rotatable bonds is 7. The molecule has 0 fully saturated rings. The molecule has 0 atom stereocenters. The number of aromatic nitrogens is 1. The van der Waals surface area contributed by atoms with Crippen LogP contribution in [0.4, 0.5) is 13.2 Å². The van der Waals surface area contributed by atoms with E-state index in [1.54, 1.807) is 19.3 Å². The van der Waals surface area contributed by atoms with Crippen LogP contribution >= 0.6 is 24.0 Å². The number of hydrogen-bond acceptors (Lipinski definition) is 3. The SMILES string of the molecule is CN=C(NCc1cccc(OCc2ccccn2)c1)NCc1cccc(C(F)(F)F)c1.I. The summed E-state index contributed by atoms with van der Waals surface area (Å²) < 4.78 is 44.3. The van der Waals surface area contributed by atoms with Crippen molar-refractivity contribution in [3.63, 3.8) is 0 Å². The Hall–Kier alpha value is -2.82. The molecular formula is C23H24F3IN4O. The molecule has 3 rings (SSSR count). The Labute approximate surface area is 202 Å². The molecule has 0 radical (unpaired) electrons. The molecule has 1 heterocycles. The van der Waals surface area contributed by atoms with Crippen LogP contribution in [0.1, 0.15) is 22.4 Å². The van der Waals surface area contributed by atoms with Crippen LogP contribution < -0.4 is 15.4 Å². The Morgan fingerprint density at radius 3 is 2.25 bits per heavy atom. The molecule has 3 aromatic rings. The van der Waals surface area contributed by atoms with Crippen molar-refractivity contribution in [2.45, 2.75) is 25.9 Å². The first kappa shape index (κ1) is 25.4. The van der Waals surface area contributed by atoms with E-state index in [9.17, 15) is 13.2 Å². The molecule has 0 aliphatic rings. The zero-order chi connectivity index (χ0) is 22.1. The Morgan fingerprint density at radius 1 is 0.938 bits per heavy atom. The van der Waals surface area contributed by atoms with E-state index in [1.807, 2.05) is 42.5 Å². The van der Waals surface area contributed by atoms with E-state index in [0.717, 1.165) is 29.1 Å². The molecule has 0 aliphatic heterocycles. The minimum atomic E-state index is -4.36. The summed E-state index contributed by atoms with van der Waals surface area (Å²) in [4.78, 5) is 8.35. The van der Waals surface area contributed by atoms with Gasteiger partial charge in [0.1, 0.15) is 12.4 Å². The lowest BCUT2D eigenvalue weighted by molar-refractivity contribution is -0.137. The van der Waals surface area contributed by atoms with Gasteiger partial charge < -0.3 is 15.4 Å². The van der Waals surface area contributed by atoms with Gasteiger partial charge >= 0.3 is 6.18 Å². The van der Waals surface area contributed by atoms with Gasteiger partial charge in [-0.1, -0.05) is 30.3 Å². The summed E-state index contributed by atoms with van der Waals surface area (Å²) in [6, 6.07) is 18.5. The van der Waals surface area contributed by atoms with E-state index in [0.29, 0.717) is 24.7 Å². The third kappa shape index (κ3) is 8.03. The zero-order valence-electron chi connectivity index (χ0n) is 17.4. The average molecular weight is 556 g/mol. The normalized spacial score (nSPS) is 11.4. The van der Waals surface area contributed by atoms with Gasteiger partial charge in [-0.2, -0.15) is 13.2 Å². The maximum atomic E-state index is 12.9. The highest BCUT2D eigenvalue weighted by molar-refractivity contribution is 14.0. The summed E-state index contributed by atoms with van der Waals surface area (Å²) in [6.07, 6.45) is -2.64. The first-order valence-corrected chi connectivity index (χ1v) is 9.66. The largest absolute Gasteiger partial charge is 0.487 e. The van der Waals surface area contributed by atoms with E-state index < -0.39 is 11.7 Å². The summed E-state index contributed by atoms with van der Waals surface area (Å²) in [5, 5.41) is 6.18. The Balaban J connectivity index is 0.00000363. The molecule has 0 unspecified atom stereocenters. The second-order valence-electron chi connectivity index (χ2n) is 6.73. The molecule has 2 N–H and O–H groups in total. The molecule has 170 valence electrons. The Morgan fingerprint density at radius 2 is 1.62 bits per heavy atom. The number of alkyl halides is 3. The zero-order valence-corrected chi connectivity index (χ0v) is 19.7. The van der Waals surface area contributed by atoms with Crippen LogP contribution in [0.15, 0.2) is 77.9 Å². The number of aliphatic imine (C=N–C) groups is 1. The molecule has 0 bridgehead atoms. The summed E-state index contributed by atoms with van der Waals surface area (Å²) >= 11 is 0. The molecule has 2 aromatic carbocycles. The van der Waals surface area contributed by atoms with Crippen molar-refractivity contribution in [2.75, 3.05) is 7.05 Å². The average Bonchev–Trinajstić information content (AvgIpc) is 2.78. The molecule has 0 aliphatic carbocycles. The second-order valence-corrected chi connectivity index (χ2v) is 6.73. The van der Waals surface area contributed by atoms with Crippen LogP contribution in [0.5, 0.6) is 5.75 Å². The first-order valence-electron chi connectivity index (χ1n) is 9.66. The van der Waals surface area contributed by atoms with Gasteiger partial charge in [0.15, 0.2) is 5.96 Å². The monoisotopic (exact) mass is 556 g/mol. The van der Waals surface area contributed by atoms with Gasteiger partial charge in [-0.05, 0) is 47.5 Å². The van der Waals surface area contributed by atoms with Crippen molar-refractivity contribution in [1.29, 1.82) is 0 Å². The molecule has 32 heavy (non-hydrogen) atoms.